The Morgan fingerprint density at radius 3 is 2.56 bits per heavy atom. The Bertz CT molecular complexity index is 1670. The predicted octanol–water partition coefficient (Wildman–Crippen LogP) is 4.06. The first-order chi connectivity index (χ1) is 17.6. The molecule has 0 spiro atoms. The first-order valence-corrected chi connectivity index (χ1v) is 12.4. The molecule has 0 fully saturated rings. The number of hydrogen-bond acceptors (Lipinski definition) is 6. The molecular weight excluding hydrogens is 475 g/mol. The van der Waals surface area contributed by atoms with Crippen LogP contribution in [0.3, 0.4) is 0 Å². The minimum Gasteiger partial charge on any atom is -0.496 e. The molecule has 1 atom stereocenters. The van der Waals surface area contributed by atoms with E-state index in [1.807, 2.05) is 60.7 Å². The second-order valence-electron chi connectivity index (χ2n) is 8.36. The van der Waals surface area contributed by atoms with Gasteiger partial charge in [-0.3, -0.25) is 15.1 Å². The molecule has 4 aromatic carbocycles. The van der Waals surface area contributed by atoms with Crippen molar-refractivity contribution in [2.75, 3.05) is 7.11 Å². The highest BCUT2D eigenvalue weighted by atomic mass is 32.2. The third kappa shape index (κ3) is 3.79. The van der Waals surface area contributed by atoms with Crippen LogP contribution in [0, 0.1) is 5.82 Å². The third-order valence-electron chi connectivity index (χ3n) is 6.25. The summed E-state index contributed by atoms with van der Waals surface area (Å²) >= 11 is 1.27. The number of thioether (sulfide) groups is 1. The van der Waals surface area contributed by atoms with E-state index in [4.69, 9.17) is 14.8 Å². The van der Waals surface area contributed by atoms with Gasteiger partial charge < -0.3 is 4.74 Å². The lowest BCUT2D eigenvalue weighted by Gasteiger charge is -2.34. The van der Waals surface area contributed by atoms with Crippen LogP contribution in [-0.2, 0) is 10.5 Å². The Morgan fingerprint density at radius 1 is 0.972 bits per heavy atom. The fraction of sp³-hybridized carbons (Fsp3) is 0.107. The van der Waals surface area contributed by atoms with Crippen molar-refractivity contribution in [2.45, 2.75) is 11.9 Å². The van der Waals surface area contributed by atoms with E-state index in [9.17, 15) is 9.18 Å². The highest BCUT2D eigenvalue weighted by Gasteiger charge is 2.35. The standard InChI is InChI=1S/C28H21FN4O2S/c1-35-24-15-14-20(18-9-3-4-10-19(18)24)26-30-23-13-7-5-11-21(23)25-27(34)31-28(32-33(25)26)36-16-17-8-2-6-12-22(17)29/h2-15,26H,16H2,1H3,(H,31,32,34)/t26-/m1/s1. The molecule has 2 aliphatic heterocycles. The van der Waals surface area contributed by atoms with Gasteiger partial charge in [-0.1, -0.05) is 78.5 Å². The van der Waals surface area contributed by atoms with E-state index in [-0.39, 0.29) is 11.7 Å². The van der Waals surface area contributed by atoms with E-state index in [1.54, 1.807) is 30.3 Å². The summed E-state index contributed by atoms with van der Waals surface area (Å²) in [5.74, 6) is 0.533. The summed E-state index contributed by atoms with van der Waals surface area (Å²) in [7, 11) is 1.65. The van der Waals surface area contributed by atoms with Crippen LogP contribution < -0.4 is 20.6 Å². The second kappa shape index (κ2) is 9.13. The number of hydrazone groups is 1. The van der Waals surface area contributed by atoms with Gasteiger partial charge in [0.15, 0.2) is 11.3 Å². The van der Waals surface area contributed by atoms with Crippen LogP contribution in [0.1, 0.15) is 17.3 Å². The van der Waals surface area contributed by atoms with Crippen LogP contribution in [0.25, 0.3) is 16.5 Å². The lowest BCUT2D eigenvalue weighted by atomic mass is 10.00. The Balaban J connectivity index is 1.49. The number of halogens is 1. The highest BCUT2D eigenvalue weighted by Crippen LogP contribution is 2.37. The molecule has 0 radical (unpaired) electrons. The summed E-state index contributed by atoms with van der Waals surface area (Å²) in [6.07, 6.45) is -0.569. The minimum absolute atomic E-state index is 0.272. The molecule has 0 saturated heterocycles. The van der Waals surface area contributed by atoms with E-state index in [0.29, 0.717) is 27.4 Å². The van der Waals surface area contributed by atoms with E-state index in [2.05, 4.69) is 5.32 Å². The first-order valence-electron chi connectivity index (χ1n) is 11.4. The summed E-state index contributed by atoms with van der Waals surface area (Å²) in [6.45, 7) is 0. The van der Waals surface area contributed by atoms with Gasteiger partial charge >= 0.3 is 0 Å². The van der Waals surface area contributed by atoms with Gasteiger partial charge in [-0.15, -0.1) is 5.10 Å². The van der Waals surface area contributed by atoms with E-state index in [1.165, 1.54) is 17.8 Å². The Kier molecular flexibility index (Phi) is 5.65. The molecule has 0 unspecified atom stereocenters. The topological polar surface area (TPSA) is 66.3 Å². The number of carbonyl (C=O) groups is 1. The van der Waals surface area contributed by atoms with Crippen molar-refractivity contribution >= 4 is 39.3 Å². The largest absolute Gasteiger partial charge is 0.496 e. The number of rotatable bonds is 4. The molecule has 178 valence electrons. The van der Waals surface area contributed by atoms with Gasteiger partial charge in [0.05, 0.1) is 12.5 Å². The van der Waals surface area contributed by atoms with E-state index >= 15 is 0 Å². The third-order valence-corrected chi connectivity index (χ3v) is 7.17. The minimum atomic E-state index is -0.569. The monoisotopic (exact) mass is 496 g/mol. The van der Waals surface area contributed by atoms with Crippen molar-refractivity contribution in [3.63, 3.8) is 0 Å². The molecule has 2 aliphatic rings. The normalized spacial score (nSPS) is 16.6. The van der Waals surface area contributed by atoms with Crippen molar-refractivity contribution < 1.29 is 13.9 Å². The Morgan fingerprint density at radius 2 is 1.72 bits per heavy atom. The van der Waals surface area contributed by atoms with Gasteiger partial charge in [0.2, 0.25) is 0 Å². The van der Waals surface area contributed by atoms with E-state index in [0.717, 1.165) is 27.4 Å². The molecule has 1 amide bonds. The quantitative estimate of drug-likeness (QED) is 0.463. The number of hydrogen-bond donors (Lipinski definition) is 1. The van der Waals surface area contributed by atoms with Crippen LogP contribution >= 0.6 is 11.8 Å². The van der Waals surface area contributed by atoms with Gasteiger partial charge in [-0.05, 0) is 29.1 Å². The number of amides is 1. The smallest absolute Gasteiger partial charge is 0.276 e. The number of nitrogens with one attached hydrogen (secondary N) is 1. The van der Waals surface area contributed by atoms with Gasteiger partial charge in [0, 0.05) is 21.9 Å². The summed E-state index contributed by atoms with van der Waals surface area (Å²) < 4.78 is 19.7. The molecule has 1 N–H and O–H groups in total. The maximum atomic E-state index is 14.2. The molecule has 8 heteroatoms. The zero-order valence-corrected chi connectivity index (χ0v) is 20.1. The zero-order chi connectivity index (χ0) is 24.6. The molecule has 0 aliphatic carbocycles. The molecule has 2 heterocycles. The van der Waals surface area contributed by atoms with E-state index < -0.39 is 6.17 Å². The average molecular weight is 497 g/mol. The number of ether oxygens (including phenoxy) is 1. The molecular formula is C28H21FN4O2S. The Labute approximate surface area is 210 Å². The van der Waals surface area contributed by atoms with Crippen LogP contribution in [0.4, 0.5) is 4.39 Å². The lowest BCUT2D eigenvalue weighted by molar-refractivity contribution is -0.116. The summed E-state index contributed by atoms with van der Waals surface area (Å²) in [4.78, 5) is 18.4. The maximum absolute atomic E-state index is 14.2. The molecule has 36 heavy (non-hydrogen) atoms. The number of carbonyl (C=O) groups excluding carboxylic acids is 1. The van der Waals surface area contributed by atoms with Crippen molar-refractivity contribution in [3.8, 4) is 5.75 Å². The highest BCUT2D eigenvalue weighted by molar-refractivity contribution is 8.13. The molecule has 4 aromatic rings. The van der Waals surface area contributed by atoms with Gasteiger partial charge in [0.1, 0.15) is 17.3 Å². The summed E-state index contributed by atoms with van der Waals surface area (Å²) in [6, 6.07) is 26.0. The number of fused-ring (bicyclic) bond motifs is 3. The summed E-state index contributed by atoms with van der Waals surface area (Å²) in [5.41, 5.74) is 1.87. The Hall–Kier alpha value is -4.17. The molecule has 6 rings (SSSR count). The van der Waals surface area contributed by atoms with Crippen LogP contribution in [0.2, 0.25) is 0 Å². The van der Waals surface area contributed by atoms with Crippen molar-refractivity contribution in [1.82, 2.24) is 10.3 Å². The van der Waals surface area contributed by atoms with Crippen LogP contribution in [-0.4, -0.2) is 23.2 Å². The number of amidine groups is 1. The van der Waals surface area contributed by atoms with Crippen molar-refractivity contribution in [3.05, 3.63) is 112 Å². The second-order valence-corrected chi connectivity index (χ2v) is 9.32. The van der Waals surface area contributed by atoms with Crippen LogP contribution in [0.15, 0.2) is 95.0 Å². The zero-order valence-electron chi connectivity index (χ0n) is 19.3. The fourth-order valence-electron chi connectivity index (χ4n) is 4.55. The van der Waals surface area contributed by atoms with Crippen molar-refractivity contribution in [1.29, 1.82) is 0 Å². The fourth-order valence-corrected chi connectivity index (χ4v) is 5.39. The van der Waals surface area contributed by atoms with Gasteiger partial charge in [0.25, 0.3) is 5.91 Å². The SMILES string of the molecule is COc1ccc([C@@H]2N=c3ccccc3=C3C(=O)NC(SCc4ccccc4F)=NN32)c2ccccc12. The van der Waals surface area contributed by atoms with Gasteiger partial charge in [-0.2, -0.15) is 0 Å². The maximum Gasteiger partial charge on any atom is 0.276 e. The number of para-hydroxylation sites is 1. The average Bonchev–Trinajstić information content (AvgIpc) is 2.91. The predicted molar refractivity (Wildman–Crippen MR) is 139 cm³/mol. The molecule has 0 saturated carbocycles. The first kappa shape index (κ1) is 22.3. The van der Waals surface area contributed by atoms with Crippen molar-refractivity contribution in [2.24, 2.45) is 10.1 Å². The molecule has 6 nitrogen and oxygen atoms in total. The lowest BCUT2D eigenvalue weighted by Crippen LogP contribution is -2.50. The van der Waals surface area contributed by atoms with Gasteiger partial charge in [-0.25, -0.2) is 9.40 Å². The molecule has 0 bridgehead atoms. The molecule has 0 aromatic heterocycles. The number of benzene rings is 4. The number of methoxy groups -OCH3 is 1. The number of nitrogens with zero attached hydrogens (tertiary/aromatic N) is 3. The van der Waals surface area contributed by atoms with Crippen LogP contribution in [0.5, 0.6) is 5.75 Å². The summed E-state index contributed by atoms with van der Waals surface area (Å²) in [5, 5.41) is 13.1.